The predicted octanol–water partition coefficient (Wildman–Crippen LogP) is 1.75. The standard InChI is InChI=1S/C9H15FN2/c1-3-8-4-9(10)6-12(5-8)7(2)11/h4,6-7H,3,5,11H2,1-2H3. The third-order valence-electron chi connectivity index (χ3n) is 1.99. The molecule has 0 saturated carbocycles. The Bertz CT molecular complexity index is 219. The number of nitrogens with zero attached hydrogens (tertiary/aromatic N) is 1. The van der Waals surface area contributed by atoms with Gasteiger partial charge >= 0.3 is 0 Å². The molecule has 68 valence electrons. The SMILES string of the molecule is CCC1=CC(F)=CN(C(C)N)C1. The van der Waals surface area contributed by atoms with Crippen LogP contribution in [-0.4, -0.2) is 17.6 Å². The van der Waals surface area contributed by atoms with Crippen LogP contribution in [0.5, 0.6) is 0 Å². The van der Waals surface area contributed by atoms with E-state index in [9.17, 15) is 4.39 Å². The van der Waals surface area contributed by atoms with E-state index >= 15 is 0 Å². The Morgan fingerprint density at radius 3 is 2.92 bits per heavy atom. The fraction of sp³-hybridized carbons (Fsp3) is 0.556. The number of hydrogen-bond donors (Lipinski definition) is 1. The summed E-state index contributed by atoms with van der Waals surface area (Å²) in [6, 6.07) is 0. The topological polar surface area (TPSA) is 29.3 Å². The summed E-state index contributed by atoms with van der Waals surface area (Å²) in [4.78, 5) is 1.80. The highest BCUT2D eigenvalue weighted by Crippen LogP contribution is 2.17. The lowest BCUT2D eigenvalue weighted by atomic mass is 10.1. The number of hydrogen-bond acceptors (Lipinski definition) is 2. The average molecular weight is 170 g/mol. The van der Waals surface area contributed by atoms with Gasteiger partial charge in [-0.05, 0) is 25.0 Å². The summed E-state index contributed by atoms with van der Waals surface area (Å²) in [5, 5.41) is 0. The second-order valence-corrected chi connectivity index (χ2v) is 3.08. The Morgan fingerprint density at radius 1 is 1.75 bits per heavy atom. The van der Waals surface area contributed by atoms with Crippen LogP contribution in [0.25, 0.3) is 0 Å². The summed E-state index contributed by atoms with van der Waals surface area (Å²) >= 11 is 0. The monoisotopic (exact) mass is 170 g/mol. The molecule has 1 aliphatic heterocycles. The molecule has 0 aromatic rings. The van der Waals surface area contributed by atoms with Crippen molar-refractivity contribution in [3.8, 4) is 0 Å². The summed E-state index contributed by atoms with van der Waals surface area (Å²) in [6.07, 6.45) is 3.80. The van der Waals surface area contributed by atoms with Crippen LogP contribution in [0.4, 0.5) is 4.39 Å². The maximum Gasteiger partial charge on any atom is 0.139 e. The van der Waals surface area contributed by atoms with Crippen LogP contribution in [0.15, 0.2) is 23.7 Å². The molecule has 0 bridgehead atoms. The molecule has 0 aliphatic carbocycles. The zero-order valence-electron chi connectivity index (χ0n) is 7.55. The molecule has 1 rings (SSSR count). The van der Waals surface area contributed by atoms with Gasteiger partial charge in [0.2, 0.25) is 0 Å². The van der Waals surface area contributed by atoms with Crippen LogP contribution < -0.4 is 5.73 Å². The molecule has 0 amide bonds. The minimum absolute atomic E-state index is 0.119. The first kappa shape index (κ1) is 9.26. The van der Waals surface area contributed by atoms with Gasteiger partial charge in [-0.2, -0.15) is 0 Å². The lowest BCUT2D eigenvalue weighted by molar-refractivity contribution is 0.306. The zero-order valence-corrected chi connectivity index (χ0v) is 7.55. The molecule has 1 heterocycles. The smallest absolute Gasteiger partial charge is 0.139 e. The van der Waals surface area contributed by atoms with Crippen LogP contribution >= 0.6 is 0 Å². The fourth-order valence-electron chi connectivity index (χ4n) is 1.19. The molecule has 0 radical (unpaired) electrons. The lowest BCUT2D eigenvalue weighted by Crippen LogP contribution is -2.38. The van der Waals surface area contributed by atoms with Crippen LogP contribution in [0.2, 0.25) is 0 Å². The largest absolute Gasteiger partial charge is 0.356 e. The van der Waals surface area contributed by atoms with Gasteiger partial charge in [0.15, 0.2) is 0 Å². The van der Waals surface area contributed by atoms with Crippen LogP contribution in [0.3, 0.4) is 0 Å². The minimum Gasteiger partial charge on any atom is -0.356 e. The van der Waals surface area contributed by atoms with Crippen LogP contribution in [0.1, 0.15) is 20.3 Å². The lowest BCUT2D eigenvalue weighted by Gasteiger charge is -2.28. The molecule has 12 heavy (non-hydrogen) atoms. The maximum atomic E-state index is 12.9. The molecule has 0 spiro atoms. The molecule has 0 aromatic heterocycles. The molecule has 1 aliphatic rings. The Balaban J connectivity index is 2.71. The average Bonchev–Trinajstić information content (AvgIpc) is 2.03. The first-order valence-corrected chi connectivity index (χ1v) is 4.21. The van der Waals surface area contributed by atoms with E-state index in [0.29, 0.717) is 0 Å². The summed E-state index contributed by atoms with van der Waals surface area (Å²) in [6.45, 7) is 4.62. The number of rotatable bonds is 2. The Labute approximate surface area is 72.5 Å². The Kier molecular flexibility index (Phi) is 2.87. The molecule has 2 N–H and O–H groups in total. The van der Waals surface area contributed by atoms with Gasteiger partial charge in [-0.3, -0.25) is 0 Å². The van der Waals surface area contributed by atoms with Crippen LogP contribution in [-0.2, 0) is 0 Å². The second kappa shape index (κ2) is 3.72. The zero-order chi connectivity index (χ0) is 9.14. The van der Waals surface area contributed by atoms with E-state index in [4.69, 9.17) is 5.73 Å². The van der Waals surface area contributed by atoms with E-state index in [2.05, 4.69) is 0 Å². The van der Waals surface area contributed by atoms with Gasteiger partial charge in [-0.25, -0.2) is 4.39 Å². The maximum absolute atomic E-state index is 12.9. The summed E-state index contributed by atoms with van der Waals surface area (Å²) in [5.41, 5.74) is 6.72. The van der Waals surface area contributed by atoms with Gasteiger partial charge in [0.1, 0.15) is 5.83 Å². The Hall–Kier alpha value is -0.830. The third-order valence-corrected chi connectivity index (χ3v) is 1.99. The highest BCUT2D eigenvalue weighted by Gasteiger charge is 2.12. The van der Waals surface area contributed by atoms with E-state index < -0.39 is 0 Å². The normalized spacial score (nSPS) is 20.2. The van der Waals surface area contributed by atoms with Crippen molar-refractivity contribution >= 4 is 0 Å². The highest BCUT2D eigenvalue weighted by atomic mass is 19.1. The summed E-state index contributed by atoms with van der Waals surface area (Å²) in [7, 11) is 0. The highest BCUT2D eigenvalue weighted by molar-refractivity contribution is 5.23. The van der Waals surface area contributed by atoms with E-state index in [1.54, 1.807) is 11.0 Å². The van der Waals surface area contributed by atoms with E-state index in [0.717, 1.165) is 18.5 Å². The van der Waals surface area contributed by atoms with Crippen molar-refractivity contribution in [1.82, 2.24) is 4.90 Å². The van der Waals surface area contributed by atoms with Crippen molar-refractivity contribution in [3.05, 3.63) is 23.7 Å². The molecule has 0 saturated heterocycles. The van der Waals surface area contributed by atoms with E-state index in [1.165, 1.54) is 6.20 Å². The van der Waals surface area contributed by atoms with Crippen molar-refractivity contribution < 1.29 is 4.39 Å². The molecule has 1 atom stereocenters. The van der Waals surface area contributed by atoms with Gasteiger partial charge in [0, 0.05) is 12.7 Å². The summed E-state index contributed by atoms with van der Waals surface area (Å²) in [5.74, 6) is -0.199. The quantitative estimate of drug-likeness (QED) is 0.684. The first-order valence-electron chi connectivity index (χ1n) is 4.21. The van der Waals surface area contributed by atoms with E-state index in [1.807, 2.05) is 13.8 Å². The van der Waals surface area contributed by atoms with Gasteiger partial charge in [-0.15, -0.1) is 0 Å². The summed E-state index contributed by atoms with van der Waals surface area (Å²) < 4.78 is 12.9. The minimum atomic E-state index is -0.199. The molecule has 2 nitrogen and oxygen atoms in total. The number of nitrogens with two attached hydrogens (primary N) is 1. The molecular weight excluding hydrogens is 155 g/mol. The molecule has 0 aromatic carbocycles. The number of allylic oxidation sites excluding steroid dienone is 2. The van der Waals surface area contributed by atoms with Crippen molar-refractivity contribution in [3.63, 3.8) is 0 Å². The third kappa shape index (κ3) is 2.08. The molecule has 1 unspecified atom stereocenters. The van der Waals surface area contributed by atoms with E-state index in [-0.39, 0.29) is 12.0 Å². The molecular formula is C9H15FN2. The first-order chi connectivity index (χ1) is 5.63. The Morgan fingerprint density at radius 2 is 2.42 bits per heavy atom. The molecule has 3 heteroatoms. The predicted molar refractivity (Wildman–Crippen MR) is 47.9 cm³/mol. The van der Waals surface area contributed by atoms with Gasteiger partial charge in [0.25, 0.3) is 0 Å². The van der Waals surface area contributed by atoms with Crippen LogP contribution in [0, 0.1) is 0 Å². The number of halogens is 1. The van der Waals surface area contributed by atoms with Crippen molar-refractivity contribution in [2.45, 2.75) is 26.4 Å². The van der Waals surface area contributed by atoms with Gasteiger partial charge < -0.3 is 10.6 Å². The molecule has 0 fully saturated rings. The van der Waals surface area contributed by atoms with Crippen molar-refractivity contribution in [1.29, 1.82) is 0 Å². The van der Waals surface area contributed by atoms with Gasteiger partial charge in [-0.1, -0.05) is 6.92 Å². The second-order valence-electron chi connectivity index (χ2n) is 3.08. The van der Waals surface area contributed by atoms with Crippen molar-refractivity contribution in [2.75, 3.05) is 6.54 Å². The fourth-order valence-corrected chi connectivity index (χ4v) is 1.19. The van der Waals surface area contributed by atoms with Crippen molar-refractivity contribution in [2.24, 2.45) is 5.73 Å². The van der Waals surface area contributed by atoms with Gasteiger partial charge in [0.05, 0.1) is 6.17 Å².